The maximum atomic E-state index is 11.9. The van der Waals surface area contributed by atoms with E-state index in [4.69, 9.17) is 4.74 Å². The summed E-state index contributed by atoms with van der Waals surface area (Å²) in [5.41, 5.74) is 0. The molecule has 1 saturated heterocycles. The summed E-state index contributed by atoms with van der Waals surface area (Å²) in [5.74, 6) is 0.637. The van der Waals surface area contributed by atoms with Crippen molar-refractivity contribution in [2.24, 2.45) is 5.92 Å². The molecule has 1 rings (SSSR count). The van der Waals surface area contributed by atoms with Crippen LogP contribution in [0, 0.1) is 5.92 Å². The smallest absolute Gasteiger partial charge is 0.138 e. The predicted octanol–water partition coefficient (Wildman–Crippen LogP) is 5.29. The number of rotatable bonds is 12. The molecule has 2 atom stereocenters. The van der Waals surface area contributed by atoms with Crippen molar-refractivity contribution < 1.29 is 9.53 Å². The molecule has 1 aliphatic rings. The van der Waals surface area contributed by atoms with E-state index >= 15 is 0 Å². The van der Waals surface area contributed by atoms with Crippen LogP contribution >= 0.6 is 0 Å². The molecule has 118 valence electrons. The lowest BCUT2D eigenvalue weighted by molar-refractivity contribution is -0.122. The molecule has 0 aromatic carbocycles. The van der Waals surface area contributed by atoms with Crippen molar-refractivity contribution in [3.05, 3.63) is 0 Å². The molecule has 0 bridgehead atoms. The lowest BCUT2D eigenvalue weighted by Gasteiger charge is -2.06. The molecule has 2 unspecified atom stereocenters. The molecule has 0 amide bonds. The third-order valence-electron chi connectivity index (χ3n) is 4.43. The molecule has 0 aromatic rings. The van der Waals surface area contributed by atoms with Crippen LogP contribution in [-0.4, -0.2) is 18.5 Å². The lowest BCUT2D eigenvalue weighted by Crippen LogP contribution is -2.14. The van der Waals surface area contributed by atoms with E-state index < -0.39 is 0 Å². The van der Waals surface area contributed by atoms with Crippen LogP contribution in [0.25, 0.3) is 0 Å². The van der Waals surface area contributed by atoms with Gasteiger partial charge in [-0.2, -0.15) is 0 Å². The Hall–Kier alpha value is -0.370. The van der Waals surface area contributed by atoms with Crippen LogP contribution in [0.4, 0.5) is 0 Å². The van der Waals surface area contributed by atoms with E-state index in [0.717, 1.165) is 19.3 Å². The second kappa shape index (κ2) is 11.3. The molecule has 1 heterocycles. The monoisotopic (exact) mass is 282 g/mol. The van der Waals surface area contributed by atoms with Gasteiger partial charge in [-0.05, 0) is 19.8 Å². The number of ether oxygens (including phenoxy) is 1. The Morgan fingerprint density at radius 1 is 0.950 bits per heavy atom. The topological polar surface area (TPSA) is 26.3 Å². The molecule has 0 saturated carbocycles. The number of ketones is 1. The maximum absolute atomic E-state index is 11.9. The summed E-state index contributed by atoms with van der Waals surface area (Å²) in [7, 11) is 0. The standard InChI is InChI=1S/C18H34O2/c1-3-4-5-6-7-8-9-10-11-12-13-18(19)17-14-16(2)20-15-17/h16-17H,3-15H2,1-2H3. The molecule has 1 aliphatic heterocycles. The van der Waals surface area contributed by atoms with Crippen LogP contribution in [0.15, 0.2) is 0 Å². The van der Waals surface area contributed by atoms with Gasteiger partial charge < -0.3 is 4.74 Å². The summed E-state index contributed by atoms with van der Waals surface area (Å²) in [5, 5.41) is 0. The first-order valence-electron chi connectivity index (χ1n) is 8.88. The summed E-state index contributed by atoms with van der Waals surface area (Å²) in [4.78, 5) is 11.9. The number of carbonyl (C=O) groups is 1. The van der Waals surface area contributed by atoms with Crippen LogP contribution in [-0.2, 0) is 9.53 Å². The zero-order chi connectivity index (χ0) is 14.6. The van der Waals surface area contributed by atoms with Gasteiger partial charge in [-0.15, -0.1) is 0 Å². The zero-order valence-electron chi connectivity index (χ0n) is 13.7. The van der Waals surface area contributed by atoms with Gasteiger partial charge in [0.1, 0.15) is 5.78 Å². The van der Waals surface area contributed by atoms with Gasteiger partial charge in [0.05, 0.1) is 12.7 Å². The Morgan fingerprint density at radius 3 is 2.00 bits per heavy atom. The van der Waals surface area contributed by atoms with Gasteiger partial charge >= 0.3 is 0 Å². The SMILES string of the molecule is CCCCCCCCCCCCC(=O)C1COC(C)C1. The van der Waals surface area contributed by atoms with Crippen LogP contribution in [0.2, 0.25) is 0 Å². The van der Waals surface area contributed by atoms with Gasteiger partial charge in [-0.1, -0.05) is 64.7 Å². The average molecular weight is 282 g/mol. The molecule has 0 N–H and O–H groups in total. The van der Waals surface area contributed by atoms with Crippen molar-refractivity contribution in [2.45, 2.75) is 97.0 Å². The van der Waals surface area contributed by atoms with E-state index in [-0.39, 0.29) is 12.0 Å². The van der Waals surface area contributed by atoms with Crippen LogP contribution in [0.5, 0.6) is 0 Å². The number of hydrogen-bond acceptors (Lipinski definition) is 2. The highest BCUT2D eigenvalue weighted by Gasteiger charge is 2.27. The van der Waals surface area contributed by atoms with Gasteiger partial charge in [-0.25, -0.2) is 0 Å². The maximum Gasteiger partial charge on any atom is 0.138 e. The van der Waals surface area contributed by atoms with Crippen molar-refractivity contribution in [1.29, 1.82) is 0 Å². The van der Waals surface area contributed by atoms with Crippen molar-refractivity contribution in [2.75, 3.05) is 6.61 Å². The molecule has 2 heteroatoms. The van der Waals surface area contributed by atoms with E-state index in [9.17, 15) is 4.79 Å². The fourth-order valence-corrected chi connectivity index (χ4v) is 3.03. The van der Waals surface area contributed by atoms with Crippen LogP contribution < -0.4 is 0 Å². The first kappa shape index (κ1) is 17.7. The molecule has 0 radical (unpaired) electrons. The number of Topliss-reactive ketones (excluding diaryl/α,β-unsaturated/α-hetero) is 1. The van der Waals surface area contributed by atoms with Gasteiger partial charge in [0.2, 0.25) is 0 Å². The predicted molar refractivity (Wildman–Crippen MR) is 85.0 cm³/mol. The Balaban J connectivity index is 1.83. The average Bonchev–Trinajstić information content (AvgIpc) is 2.87. The second-order valence-corrected chi connectivity index (χ2v) is 6.47. The fourth-order valence-electron chi connectivity index (χ4n) is 3.03. The molecular formula is C18H34O2. The second-order valence-electron chi connectivity index (χ2n) is 6.47. The molecule has 0 spiro atoms. The van der Waals surface area contributed by atoms with Gasteiger partial charge in [0, 0.05) is 12.3 Å². The highest BCUT2D eigenvalue weighted by Crippen LogP contribution is 2.22. The molecule has 0 aromatic heterocycles. The minimum Gasteiger partial charge on any atom is -0.378 e. The first-order valence-corrected chi connectivity index (χ1v) is 8.88. The van der Waals surface area contributed by atoms with E-state index in [2.05, 4.69) is 13.8 Å². The quantitative estimate of drug-likeness (QED) is 0.454. The van der Waals surface area contributed by atoms with Gasteiger partial charge in [-0.3, -0.25) is 4.79 Å². The molecule has 2 nitrogen and oxygen atoms in total. The Labute approximate surface area is 125 Å². The van der Waals surface area contributed by atoms with E-state index in [1.165, 1.54) is 57.8 Å². The summed E-state index contributed by atoms with van der Waals surface area (Å²) in [6.45, 7) is 4.99. The molecule has 0 aliphatic carbocycles. The lowest BCUT2D eigenvalue weighted by atomic mass is 9.96. The number of hydrogen-bond donors (Lipinski definition) is 0. The Bertz CT molecular complexity index is 250. The van der Waals surface area contributed by atoms with E-state index in [0.29, 0.717) is 12.4 Å². The first-order chi connectivity index (χ1) is 9.74. The van der Waals surface area contributed by atoms with Crippen molar-refractivity contribution in [3.8, 4) is 0 Å². The van der Waals surface area contributed by atoms with Gasteiger partial charge in [0.25, 0.3) is 0 Å². The third-order valence-corrected chi connectivity index (χ3v) is 4.43. The highest BCUT2D eigenvalue weighted by molar-refractivity contribution is 5.81. The van der Waals surface area contributed by atoms with Crippen molar-refractivity contribution >= 4 is 5.78 Å². The largest absolute Gasteiger partial charge is 0.378 e. The fraction of sp³-hybridized carbons (Fsp3) is 0.944. The molecule has 1 fully saturated rings. The van der Waals surface area contributed by atoms with Crippen molar-refractivity contribution in [1.82, 2.24) is 0 Å². The summed E-state index contributed by atoms with van der Waals surface area (Å²) in [6, 6.07) is 0. The summed E-state index contributed by atoms with van der Waals surface area (Å²) in [6.07, 6.45) is 15.3. The van der Waals surface area contributed by atoms with Crippen LogP contribution in [0.3, 0.4) is 0 Å². The van der Waals surface area contributed by atoms with E-state index in [1.807, 2.05) is 0 Å². The highest BCUT2D eigenvalue weighted by atomic mass is 16.5. The van der Waals surface area contributed by atoms with Crippen molar-refractivity contribution in [3.63, 3.8) is 0 Å². The van der Waals surface area contributed by atoms with Gasteiger partial charge in [0.15, 0.2) is 0 Å². The normalized spacial score (nSPS) is 22.3. The zero-order valence-corrected chi connectivity index (χ0v) is 13.7. The summed E-state index contributed by atoms with van der Waals surface area (Å²) >= 11 is 0. The van der Waals surface area contributed by atoms with E-state index in [1.54, 1.807) is 0 Å². The molecule has 20 heavy (non-hydrogen) atoms. The number of carbonyl (C=O) groups excluding carboxylic acids is 1. The minimum atomic E-state index is 0.198. The Morgan fingerprint density at radius 2 is 1.50 bits per heavy atom. The summed E-state index contributed by atoms with van der Waals surface area (Å²) < 4.78 is 5.47. The number of unbranched alkanes of at least 4 members (excludes halogenated alkanes) is 9. The van der Waals surface area contributed by atoms with Crippen LogP contribution in [0.1, 0.15) is 90.9 Å². The Kier molecular flexibility index (Phi) is 10.00. The third kappa shape index (κ3) is 8.04. The molecular weight excluding hydrogens is 248 g/mol. The minimum absolute atomic E-state index is 0.198.